The molecule has 146 valence electrons. The Kier molecular flexibility index (Phi) is 5.08. The van der Waals surface area contributed by atoms with Gasteiger partial charge in [0.2, 0.25) is 5.91 Å². The molecule has 2 amide bonds. The SMILES string of the molecule is Cc1c(C(=O)N(C)CC(=O)Nc2ccc(F)c(F)c2F)oc2ccc(F)cc12. The van der Waals surface area contributed by atoms with Gasteiger partial charge >= 0.3 is 0 Å². The van der Waals surface area contributed by atoms with Crippen molar-refractivity contribution in [2.75, 3.05) is 18.9 Å². The third kappa shape index (κ3) is 3.55. The third-order valence-electron chi connectivity index (χ3n) is 4.13. The van der Waals surface area contributed by atoms with Crippen LogP contribution in [0.1, 0.15) is 16.1 Å². The first kappa shape index (κ1) is 19.4. The second-order valence-corrected chi connectivity index (χ2v) is 6.13. The molecule has 0 saturated carbocycles. The van der Waals surface area contributed by atoms with E-state index in [2.05, 4.69) is 5.32 Å². The van der Waals surface area contributed by atoms with E-state index in [9.17, 15) is 27.2 Å². The van der Waals surface area contributed by atoms with Crippen molar-refractivity contribution in [1.82, 2.24) is 4.90 Å². The van der Waals surface area contributed by atoms with Crippen LogP contribution in [0.5, 0.6) is 0 Å². The van der Waals surface area contributed by atoms with Crippen LogP contribution in [0.4, 0.5) is 23.2 Å². The summed E-state index contributed by atoms with van der Waals surface area (Å²) in [6.07, 6.45) is 0. The molecule has 0 saturated heterocycles. The number of rotatable bonds is 4. The molecule has 2 aromatic carbocycles. The first-order chi connectivity index (χ1) is 13.2. The molecular formula is C19H14F4N2O3. The molecule has 0 bridgehead atoms. The number of furan rings is 1. The van der Waals surface area contributed by atoms with Gasteiger partial charge in [-0.2, -0.15) is 0 Å². The molecule has 28 heavy (non-hydrogen) atoms. The van der Waals surface area contributed by atoms with Crippen LogP contribution in [0.25, 0.3) is 11.0 Å². The number of likely N-dealkylation sites (N-methyl/N-ethyl adjacent to an activating group) is 1. The molecule has 0 aliphatic heterocycles. The van der Waals surface area contributed by atoms with E-state index in [4.69, 9.17) is 4.42 Å². The highest BCUT2D eigenvalue weighted by molar-refractivity contribution is 6.01. The molecule has 0 radical (unpaired) electrons. The second-order valence-electron chi connectivity index (χ2n) is 6.13. The first-order valence-corrected chi connectivity index (χ1v) is 8.06. The van der Waals surface area contributed by atoms with Gasteiger partial charge in [0, 0.05) is 18.0 Å². The van der Waals surface area contributed by atoms with E-state index in [0.29, 0.717) is 22.6 Å². The van der Waals surface area contributed by atoms with Crippen LogP contribution >= 0.6 is 0 Å². The summed E-state index contributed by atoms with van der Waals surface area (Å²) in [6, 6.07) is 5.33. The number of nitrogens with zero attached hydrogens (tertiary/aromatic N) is 1. The van der Waals surface area contributed by atoms with Crippen molar-refractivity contribution < 1.29 is 31.6 Å². The van der Waals surface area contributed by atoms with Crippen molar-refractivity contribution >= 4 is 28.5 Å². The summed E-state index contributed by atoms with van der Waals surface area (Å²) in [5, 5.41) is 2.49. The average Bonchev–Trinajstić information content (AvgIpc) is 2.97. The zero-order valence-electron chi connectivity index (χ0n) is 14.8. The predicted molar refractivity (Wildman–Crippen MR) is 92.8 cm³/mol. The largest absolute Gasteiger partial charge is 0.451 e. The Morgan fingerprint density at radius 2 is 1.79 bits per heavy atom. The monoisotopic (exact) mass is 394 g/mol. The van der Waals surface area contributed by atoms with Gasteiger partial charge in [-0.3, -0.25) is 9.59 Å². The van der Waals surface area contributed by atoms with Crippen molar-refractivity contribution in [2.24, 2.45) is 0 Å². The molecule has 0 spiro atoms. The van der Waals surface area contributed by atoms with Crippen LogP contribution in [0, 0.1) is 30.2 Å². The summed E-state index contributed by atoms with van der Waals surface area (Å²) < 4.78 is 58.6. The highest BCUT2D eigenvalue weighted by Gasteiger charge is 2.23. The van der Waals surface area contributed by atoms with Gasteiger partial charge < -0.3 is 14.6 Å². The maximum Gasteiger partial charge on any atom is 0.290 e. The fourth-order valence-electron chi connectivity index (χ4n) is 2.67. The van der Waals surface area contributed by atoms with Gasteiger partial charge in [-0.25, -0.2) is 17.6 Å². The molecule has 9 heteroatoms. The van der Waals surface area contributed by atoms with Gasteiger partial charge in [0.1, 0.15) is 11.4 Å². The number of fused-ring (bicyclic) bond motifs is 1. The van der Waals surface area contributed by atoms with Gasteiger partial charge in [-0.1, -0.05) is 0 Å². The van der Waals surface area contributed by atoms with E-state index in [0.717, 1.165) is 11.0 Å². The van der Waals surface area contributed by atoms with E-state index < -0.39 is 47.3 Å². The second kappa shape index (κ2) is 7.34. The van der Waals surface area contributed by atoms with Crippen molar-refractivity contribution in [3.05, 3.63) is 64.9 Å². The predicted octanol–water partition coefficient (Wildman–Crippen LogP) is 4.01. The number of nitrogens with one attached hydrogen (secondary N) is 1. The number of carbonyl (C=O) groups excluding carboxylic acids is 2. The Morgan fingerprint density at radius 3 is 2.50 bits per heavy atom. The van der Waals surface area contributed by atoms with Crippen molar-refractivity contribution in [1.29, 1.82) is 0 Å². The minimum absolute atomic E-state index is 0.0742. The summed E-state index contributed by atoms with van der Waals surface area (Å²) in [7, 11) is 1.30. The lowest BCUT2D eigenvalue weighted by Gasteiger charge is -2.16. The van der Waals surface area contributed by atoms with Crippen LogP contribution in [0.3, 0.4) is 0 Å². The highest BCUT2D eigenvalue weighted by Crippen LogP contribution is 2.27. The summed E-state index contributed by atoms with van der Waals surface area (Å²) >= 11 is 0. The maximum atomic E-state index is 13.6. The minimum atomic E-state index is -1.72. The zero-order chi connectivity index (χ0) is 20.6. The number of benzene rings is 2. The number of amides is 2. The molecule has 5 nitrogen and oxygen atoms in total. The first-order valence-electron chi connectivity index (χ1n) is 8.06. The number of hydrogen-bond acceptors (Lipinski definition) is 3. The molecule has 0 unspecified atom stereocenters. The Balaban J connectivity index is 1.75. The fraction of sp³-hybridized carbons (Fsp3) is 0.158. The van der Waals surface area contributed by atoms with E-state index in [1.165, 1.54) is 25.2 Å². The Hall–Kier alpha value is -3.36. The van der Waals surface area contributed by atoms with Crippen LogP contribution in [-0.4, -0.2) is 30.3 Å². The van der Waals surface area contributed by atoms with E-state index in [-0.39, 0.29) is 5.76 Å². The maximum absolute atomic E-state index is 13.6. The molecule has 0 aliphatic carbocycles. The molecule has 0 atom stereocenters. The highest BCUT2D eigenvalue weighted by atomic mass is 19.2. The molecule has 1 heterocycles. The van der Waals surface area contributed by atoms with Gasteiger partial charge in [-0.15, -0.1) is 0 Å². The molecule has 1 aromatic heterocycles. The molecule has 0 fully saturated rings. The summed E-state index contributed by atoms with van der Waals surface area (Å²) in [6.45, 7) is 1.06. The Bertz CT molecular complexity index is 1090. The topological polar surface area (TPSA) is 62.6 Å². The van der Waals surface area contributed by atoms with Crippen molar-refractivity contribution in [2.45, 2.75) is 6.92 Å². The van der Waals surface area contributed by atoms with Gasteiger partial charge in [-0.05, 0) is 37.3 Å². The normalized spacial score (nSPS) is 10.9. The van der Waals surface area contributed by atoms with Crippen LogP contribution in [-0.2, 0) is 4.79 Å². The number of hydrogen-bond donors (Lipinski definition) is 1. The minimum Gasteiger partial charge on any atom is -0.451 e. The summed E-state index contributed by atoms with van der Waals surface area (Å²) in [4.78, 5) is 25.6. The lowest BCUT2D eigenvalue weighted by Crippen LogP contribution is -2.35. The Labute approximate surface area is 156 Å². The van der Waals surface area contributed by atoms with Gasteiger partial charge in [0.25, 0.3) is 5.91 Å². The fourth-order valence-corrected chi connectivity index (χ4v) is 2.67. The van der Waals surface area contributed by atoms with Gasteiger partial charge in [0.15, 0.2) is 23.2 Å². The van der Waals surface area contributed by atoms with Crippen molar-refractivity contribution in [3.63, 3.8) is 0 Å². The number of carbonyl (C=O) groups is 2. The lowest BCUT2D eigenvalue weighted by molar-refractivity contribution is -0.116. The van der Waals surface area contributed by atoms with E-state index in [1.54, 1.807) is 6.92 Å². The van der Waals surface area contributed by atoms with E-state index >= 15 is 0 Å². The lowest BCUT2D eigenvalue weighted by atomic mass is 10.1. The number of halogens is 4. The molecule has 0 aliphatic rings. The standard InChI is InChI=1S/C19H14F4N2O3/c1-9-11-7-10(20)3-6-14(11)28-18(9)19(27)25(2)8-15(26)24-13-5-4-12(21)16(22)17(13)23/h3-7H,8H2,1-2H3,(H,24,26). The summed E-state index contributed by atoms with van der Waals surface area (Å²) in [5.74, 6) is -6.70. The quantitative estimate of drug-likeness (QED) is 0.537. The van der Waals surface area contributed by atoms with Crippen LogP contribution in [0.15, 0.2) is 34.7 Å². The smallest absolute Gasteiger partial charge is 0.290 e. The average molecular weight is 394 g/mol. The van der Waals surface area contributed by atoms with E-state index in [1.807, 2.05) is 0 Å². The molecule has 3 aromatic rings. The molecular weight excluding hydrogens is 380 g/mol. The Morgan fingerprint density at radius 1 is 1.07 bits per heavy atom. The van der Waals surface area contributed by atoms with Gasteiger partial charge in [0.05, 0.1) is 12.2 Å². The zero-order valence-corrected chi connectivity index (χ0v) is 14.8. The van der Waals surface area contributed by atoms with Crippen LogP contribution < -0.4 is 5.32 Å². The third-order valence-corrected chi connectivity index (χ3v) is 4.13. The van der Waals surface area contributed by atoms with Crippen molar-refractivity contribution in [3.8, 4) is 0 Å². The molecule has 1 N–H and O–H groups in total. The van der Waals surface area contributed by atoms with Crippen LogP contribution in [0.2, 0.25) is 0 Å². The number of anilines is 1. The summed E-state index contributed by atoms with van der Waals surface area (Å²) in [5.41, 5.74) is 0.155. The molecule has 3 rings (SSSR count). The number of aryl methyl sites for hydroxylation is 1.